The summed E-state index contributed by atoms with van der Waals surface area (Å²) in [6.07, 6.45) is 0. The predicted octanol–water partition coefficient (Wildman–Crippen LogP) is 11.8. The maximum absolute atomic E-state index is 4.63. The number of para-hydroxylation sites is 1. The van der Waals surface area contributed by atoms with Crippen LogP contribution in [-0.4, -0.2) is 0 Å². The van der Waals surface area contributed by atoms with Crippen LogP contribution in [0.15, 0.2) is 146 Å². The first-order valence-corrected chi connectivity index (χ1v) is 15.4. The summed E-state index contributed by atoms with van der Waals surface area (Å²) in [6.45, 7) is 9.38. The van der Waals surface area contributed by atoms with Crippen molar-refractivity contribution in [3.05, 3.63) is 168 Å². The van der Waals surface area contributed by atoms with Crippen LogP contribution in [0.3, 0.4) is 0 Å². The summed E-state index contributed by atoms with van der Waals surface area (Å²) in [5, 5.41) is 5.16. The van der Waals surface area contributed by atoms with E-state index in [-0.39, 0.29) is 5.41 Å². The van der Waals surface area contributed by atoms with Gasteiger partial charge in [-0.15, -0.1) is 0 Å². The molecule has 9 rings (SSSR count). The number of benzene rings is 7. The minimum Gasteiger partial charge on any atom is -0.310 e. The second-order valence-corrected chi connectivity index (χ2v) is 12.7. The highest BCUT2D eigenvalue weighted by Crippen LogP contribution is 2.53. The first-order valence-electron chi connectivity index (χ1n) is 15.4. The topological polar surface area (TPSA) is 3.24 Å². The maximum atomic E-state index is 4.63. The van der Waals surface area contributed by atoms with Gasteiger partial charge < -0.3 is 4.90 Å². The Labute approximate surface area is 258 Å². The molecule has 0 aliphatic heterocycles. The van der Waals surface area contributed by atoms with Crippen LogP contribution >= 0.6 is 0 Å². The molecular formula is C43H31N. The summed E-state index contributed by atoms with van der Waals surface area (Å²) in [6, 6.07) is 51.1. The molecule has 0 fully saturated rings. The minimum atomic E-state index is -0.126. The van der Waals surface area contributed by atoms with Gasteiger partial charge >= 0.3 is 0 Å². The molecule has 208 valence electrons. The Morgan fingerprint density at radius 1 is 0.477 bits per heavy atom. The fraction of sp³-hybridized carbons (Fsp3) is 0.0698. The summed E-state index contributed by atoms with van der Waals surface area (Å²) in [5.74, 6) is 0. The molecule has 0 amide bonds. The first-order chi connectivity index (χ1) is 21.5. The summed E-state index contributed by atoms with van der Waals surface area (Å²) < 4.78 is 0. The lowest BCUT2D eigenvalue weighted by molar-refractivity contribution is 0.666. The van der Waals surface area contributed by atoms with Crippen molar-refractivity contribution in [2.75, 3.05) is 4.90 Å². The standard InChI is InChI=1S/C43H31N/c1-27-39-25-31(19-23-35(39)37-21-17-28-11-7-9-15-33(28)41(27)37)44(30-13-5-4-6-14-30)32-20-24-36-38-22-18-29-12-8-10-16-34(29)42(38)43(2,3)40(36)26-32/h4-26H,1H2,2-3H3. The molecule has 0 saturated heterocycles. The van der Waals surface area contributed by atoms with Crippen LogP contribution in [0.4, 0.5) is 17.1 Å². The van der Waals surface area contributed by atoms with Gasteiger partial charge in [-0.1, -0.05) is 124 Å². The van der Waals surface area contributed by atoms with E-state index < -0.39 is 0 Å². The predicted molar refractivity (Wildman–Crippen MR) is 187 cm³/mol. The van der Waals surface area contributed by atoms with E-state index in [0.717, 1.165) is 22.6 Å². The van der Waals surface area contributed by atoms with Gasteiger partial charge in [0.05, 0.1) is 0 Å². The van der Waals surface area contributed by atoms with Gasteiger partial charge in [-0.25, -0.2) is 0 Å². The molecule has 0 aromatic heterocycles. The zero-order valence-corrected chi connectivity index (χ0v) is 24.9. The summed E-state index contributed by atoms with van der Waals surface area (Å²) in [7, 11) is 0. The molecular weight excluding hydrogens is 530 g/mol. The van der Waals surface area contributed by atoms with Gasteiger partial charge in [0.15, 0.2) is 0 Å². The summed E-state index contributed by atoms with van der Waals surface area (Å²) in [4.78, 5) is 2.39. The lowest BCUT2D eigenvalue weighted by Gasteiger charge is -2.28. The average molecular weight is 562 g/mol. The number of nitrogens with zero attached hydrogens (tertiary/aromatic N) is 1. The second kappa shape index (κ2) is 9.05. The minimum absolute atomic E-state index is 0.126. The third-order valence-corrected chi connectivity index (χ3v) is 9.90. The molecule has 0 saturated carbocycles. The van der Waals surface area contributed by atoms with E-state index in [1.54, 1.807) is 0 Å². The Morgan fingerprint density at radius 2 is 1.07 bits per heavy atom. The third kappa shape index (κ3) is 3.41. The molecule has 1 heteroatoms. The van der Waals surface area contributed by atoms with Crippen molar-refractivity contribution in [2.24, 2.45) is 0 Å². The molecule has 0 spiro atoms. The van der Waals surface area contributed by atoms with Gasteiger partial charge in [0.1, 0.15) is 0 Å². The molecule has 0 atom stereocenters. The quantitative estimate of drug-likeness (QED) is 0.207. The highest BCUT2D eigenvalue weighted by molar-refractivity contribution is 6.11. The summed E-state index contributed by atoms with van der Waals surface area (Å²) in [5.41, 5.74) is 14.8. The molecule has 0 N–H and O–H groups in total. The number of fused-ring (bicyclic) bond motifs is 10. The first kappa shape index (κ1) is 25.1. The zero-order chi connectivity index (χ0) is 29.6. The number of hydrogen-bond donors (Lipinski definition) is 0. The van der Waals surface area contributed by atoms with E-state index in [2.05, 4.69) is 165 Å². The van der Waals surface area contributed by atoms with Gasteiger partial charge in [-0.2, -0.15) is 0 Å². The van der Waals surface area contributed by atoms with Crippen LogP contribution in [-0.2, 0) is 5.41 Å². The van der Waals surface area contributed by atoms with Gasteiger partial charge in [-0.3, -0.25) is 0 Å². The largest absolute Gasteiger partial charge is 0.310 e. The Hall–Kier alpha value is -5.40. The third-order valence-electron chi connectivity index (χ3n) is 9.90. The van der Waals surface area contributed by atoms with Crippen LogP contribution in [0.2, 0.25) is 0 Å². The maximum Gasteiger partial charge on any atom is 0.0468 e. The van der Waals surface area contributed by atoms with Crippen molar-refractivity contribution < 1.29 is 0 Å². The van der Waals surface area contributed by atoms with E-state index in [4.69, 9.17) is 0 Å². The monoisotopic (exact) mass is 561 g/mol. The highest BCUT2D eigenvalue weighted by atomic mass is 15.1. The SMILES string of the molecule is C=C1c2cc(N(c3ccccc3)c3ccc4c(c3)C(C)(C)c3c-4ccc4ccccc34)ccc2-c2ccc3ccccc3c21. The molecule has 0 bridgehead atoms. The van der Waals surface area contributed by atoms with Crippen LogP contribution in [0.25, 0.3) is 49.4 Å². The van der Waals surface area contributed by atoms with E-state index in [0.29, 0.717) is 0 Å². The van der Waals surface area contributed by atoms with E-state index >= 15 is 0 Å². The zero-order valence-electron chi connectivity index (χ0n) is 24.9. The molecule has 7 aromatic carbocycles. The molecule has 2 aliphatic rings. The second-order valence-electron chi connectivity index (χ2n) is 12.7. The average Bonchev–Trinajstić information content (AvgIpc) is 3.48. The van der Waals surface area contributed by atoms with E-state index in [9.17, 15) is 0 Å². The van der Waals surface area contributed by atoms with E-state index in [1.807, 2.05) is 0 Å². The van der Waals surface area contributed by atoms with Crippen molar-refractivity contribution >= 4 is 44.2 Å². The Bertz CT molecular complexity index is 2320. The lowest BCUT2D eigenvalue weighted by atomic mass is 9.80. The van der Waals surface area contributed by atoms with Crippen molar-refractivity contribution in [1.82, 2.24) is 0 Å². The van der Waals surface area contributed by atoms with Gasteiger partial charge in [0, 0.05) is 22.5 Å². The lowest BCUT2D eigenvalue weighted by Crippen LogP contribution is -2.17. The van der Waals surface area contributed by atoms with Crippen molar-refractivity contribution in [3.8, 4) is 22.3 Å². The molecule has 7 aromatic rings. The fourth-order valence-corrected chi connectivity index (χ4v) is 7.86. The summed E-state index contributed by atoms with van der Waals surface area (Å²) >= 11 is 0. The fourth-order valence-electron chi connectivity index (χ4n) is 7.86. The normalized spacial score (nSPS) is 13.9. The number of anilines is 3. The smallest absolute Gasteiger partial charge is 0.0468 e. The number of rotatable bonds is 3. The van der Waals surface area contributed by atoms with Gasteiger partial charge in [-0.05, 0) is 108 Å². The van der Waals surface area contributed by atoms with Crippen LogP contribution in [0.5, 0.6) is 0 Å². The molecule has 1 nitrogen and oxygen atoms in total. The van der Waals surface area contributed by atoms with Gasteiger partial charge in [0.25, 0.3) is 0 Å². The van der Waals surface area contributed by atoms with E-state index in [1.165, 1.54) is 66.1 Å². The number of hydrogen-bond acceptors (Lipinski definition) is 1. The molecule has 0 radical (unpaired) electrons. The molecule has 0 heterocycles. The Kier molecular flexibility index (Phi) is 5.17. The van der Waals surface area contributed by atoms with Crippen molar-refractivity contribution in [3.63, 3.8) is 0 Å². The molecule has 44 heavy (non-hydrogen) atoms. The molecule has 0 unspecified atom stereocenters. The Morgan fingerprint density at radius 3 is 1.84 bits per heavy atom. The van der Waals surface area contributed by atoms with Crippen molar-refractivity contribution in [2.45, 2.75) is 19.3 Å². The molecule has 2 aliphatic carbocycles. The Balaban J connectivity index is 1.21. The van der Waals surface area contributed by atoms with Crippen molar-refractivity contribution in [1.29, 1.82) is 0 Å². The van der Waals surface area contributed by atoms with Crippen LogP contribution in [0.1, 0.15) is 36.1 Å². The van der Waals surface area contributed by atoms with Crippen LogP contribution < -0.4 is 4.90 Å². The van der Waals surface area contributed by atoms with Gasteiger partial charge in [0.2, 0.25) is 0 Å². The van der Waals surface area contributed by atoms with Crippen LogP contribution in [0, 0.1) is 0 Å². The highest BCUT2D eigenvalue weighted by Gasteiger charge is 2.37.